The molecule has 0 N–H and O–H groups in total. The van der Waals surface area contributed by atoms with Crippen molar-refractivity contribution in [2.75, 3.05) is 6.79 Å². The molecule has 0 fully saturated rings. The highest BCUT2D eigenvalue weighted by Crippen LogP contribution is 2.35. The van der Waals surface area contributed by atoms with E-state index >= 15 is 0 Å². The predicted molar refractivity (Wildman–Crippen MR) is 46.7 cm³/mol. The summed E-state index contributed by atoms with van der Waals surface area (Å²) in [6.45, 7) is 0.308. The van der Waals surface area contributed by atoms with Crippen molar-refractivity contribution in [2.24, 2.45) is 0 Å². The maximum atomic E-state index is 5.25. The summed E-state index contributed by atoms with van der Waals surface area (Å²) >= 11 is 0. The highest BCUT2D eigenvalue weighted by molar-refractivity contribution is 5.85. The molecule has 0 amide bonds. The van der Waals surface area contributed by atoms with Gasteiger partial charge in [-0.2, -0.15) is 0 Å². The number of nitrogens with zero attached hydrogens (tertiary/aromatic N) is 1. The second-order valence-corrected chi connectivity index (χ2v) is 2.87. The second-order valence-electron chi connectivity index (χ2n) is 2.87. The summed E-state index contributed by atoms with van der Waals surface area (Å²) < 4.78 is 10.5. The van der Waals surface area contributed by atoms with Crippen molar-refractivity contribution >= 4 is 10.8 Å². The van der Waals surface area contributed by atoms with E-state index < -0.39 is 0 Å². The average Bonchev–Trinajstić information content (AvgIpc) is 2.61. The highest BCUT2D eigenvalue weighted by atomic mass is 16.7. The summed E-state index contributed by atoms with van der Waals surface area (Å²) in [5, 5.41) is 2.11. The normalized spacial score (nSPS) is 13.5. The minimum atomic E-state index is 0.308. The third-order valence-electron chi connectivity index (χ3n) is 2.08. The first-order valence-corrected chi connectivity index (χ1v) is 3.99. The first-order chi connectivity index (χ1) is 6.43. The Morgan fingerprint density at radius 1 is 1.15 bits per heavy atom. The zero-order chi connectivity index (χ0) is 8.67. The van der Waals surface area contributed by atoms with E-state index in [0.717, 1.165) is 22.3 Å². The van der Waals surface area contributed by atoms with Gasteiger partial charge in [0.1, 0.15) is 0 Å². The lowest BCUT2D eigenvalue weighted by atomic mass is 10.1. The van der Waals surface area contributed by atoms with Gasteiger partial charge in [-0.3, -0.25) is 4.98 Å². The van der Waals surface area contributed by atoms with Crippen molar-refractivity contribution in [3.63, 3.8) is 0 Å². The monoisotopic (exact) mass is 172 g/mol. The van der Waals surface area contributed by atoms with Crippen molar-refractivity contribution < 1.29 is 9.47 Å². The van der Waals surface area contributed by atoms with E-state index in [2.05, 4.69) is 11.2 Å². The van der Waals surface area contributed by atoms with Crippen LogP contribution in [-0.2, 0) is 0 Å². The molecule has 1 radical (unpaired) electrons. The van der Waals surface area contributed by atoms with Crippen molar-refractivity contribution in [1.29, 1.82) is 0 Å². The number of fused-ring (bicyclic) bond motifs is 2. The van der Waals surface area contributed by atoms with Crippen LogP contribution < -0.4 is 9.47 Å². The summed E-state index contributed by atoms with van der Waals surface area (Å²) in [5.41, 5.74) is 0. The quantitative estimate of drug-likeness (QED) is 0.606. The van der Waals surface area contributed by atoms with E-state index in [4.69, 9.17) is 9.47 Å². The summed E-state index contributed by atoms with van der Waals surface area (Å²) in [6, 6.07) is 5.70. The number of aromatic nitrogens is 1. The van der Waals surface area contributed by atoms with Gasteiger partial charge in [-0.05, 0) is 23.6 Å². The summed E-state index contributed by atoms with van der Waals surface area (Å²) in [7, 11) is 0. The van der Waals surface area contributed by atoms with E-state index in [-0.39, 0.29) is 0 Å². The van der Waals surface area contributed by atoms with Crippen LogP contribution in [0, 0.1) is 6.20 Å². The minimum absolute atomic E-state index is 0.308. The van der Waals surface area contributed by atoms with Crippen molar-refractivity contribution in [3.05, 3.63) is 30.6 Å². The van der Waals surface area contributed by atoms with Gasteiger partial charge >= 0.3 is 0 Å². The molecule has 0 saturated carbocycles. The Hall–Kier alpha value is -1.77. The van der Waals surface area contributed by atoms with Gasteiger partial charge < -0.3 is 9.47 Å². The Balaban J connectivity index is 2.36. The molecule has 13 heavy (non-hydrogen) atoms. The number of benzene rings is 1. The average molecular weight is 172 g/mol. The lowest BCUT2D eigenvalue weighted by molar-refractivity contribution is 0.174. The first-order valence-electron chi connectivity index (χ1n) is 3.99. The van der Waals surface area contributed by atoms with Crippen LogP contribution in [-0.4, -0.2) is 11.8 Å². The van der Waals surface area contributed by atoms with E-state index in [9.17, 15) is 0 Å². The molecule has 0 aliphatic carbocycles. The van der Waals surface area contributed by atoms with Gasteiger partial charge in [0.2, 0.25) is 6.79 Å². The lowest BCUT2D eigenvalue weighted by Crippen LogP contribution is -1.92. The summed E-state index contributed by atoms with van der Waals surface area (Å²) in [5.74, 6) is 1.59. The van der Waals surface area contributed by atoms with Crippen molar-refractivity contribution in [2.45, 2.75) is 0 Å². The number of ether oxygens (including phenoxy) is 2. The molecule has 1 aliphatic rings. The Morgan fingerprint density at radius 3 is 2.77 bits per heavy atom. The second kappa shape index (κ2) is 2.36. The number of hydrogen-bond donors (Lipinski definition) is 0. The van der Waals surface area contributed by atoms with E-state index in [1.165, 1.54) is 0 Å². The Bertz CT molecular complexity index is 425. The Morgan fingerprint density at radius 2 is 1.92 bits per heavy atom. The smallest absolute Gasteiger partial charge is 0.231 e. The fourth-order valence-electron chi connectivity index (χ4n) is 1.42. The number of hydrogen-bond acceptors (Lipinski definition) is 3. The zero-order valence-corrected chi connectivity index (χ0v) is 6.78. The van der Waals surface area contributed by atoms with Crippen LogP contribution in [0.5, 0.6) is 11.5 Å². The fourth-order valence-corrected chi connectivity index (χ4v) is 1.42. The molecule has 1 aromatic carbocycles. The first kappa shape index (κ1) is 6.71. The van der Waals surface area contributed by atoms with E-state index in [1.807, 2.05) is 18.2 Å². The zero-order valence-electron chi connectivity index (χ0n) is 6.78. The molecule has 3 heteroatoms. The van der Waals surface area contributed by atoms with Crippen LogP contribution in [0.25, 0.3) is 10.8 Å². The third-order valence-corrected chi connectivity index (χ3v) is 2.08. The van der Waals surface area contributed by atoms with Crippen molar-refractivity contribution in [1.82, 2.24) is 4.98 Å². The van der Waals surface area contributed by atoms with Gasteiger partial charge in [0, 0.05) is 11.6 Å². The van der Waals surface area contributed by atoms with Gasteiger partial charge in [-0.15, -0.1) is 0 Å². The van der Waals surface area contributed by atoms with Crippen LogP contribution in [0.1, 0.15) is 0 Å². The Kier molecular flexibility index (Phi) is 1.22. The maximum absolute atomic E-state index is 5.25. The standard InChI is InChI=1S/C10H6NO2/c1-2-11-5-8-4-10-9(3-7(1)8)12-6-13-10/h1,3-5H,6H2. The number of rotatable bonds is 0. The molecule has 2 aromatic rings. The fraction of sp³-hybridized carbons (Fsp3) is 0.100. The SMILES string of the molecule is [c]1cc2cc3c(cc2cn1)OCO3. The molecule has 1 aliphatic heterocycles. The molecule has 0 bridgehead atoms. The minimum Gasteiger partial charge on any atom is -0.454 e. The summed E-state index contributed by atoms with van der Waals surface area (Å²) in [6.07, 6.45) is 4.54. The van der Waals surface area contributed by atoms with E-state index in [0.29, 0.717) is 6.79 Å². The predicted octanol–water partition coefficient (Wildman–Crippen LogP) is 1.76. The molecule has 3 nitrogen and oxygen atoms in total. The largest absolute Gasteiger partial charge is 0.454 e. The maximum Gasteiger partial charge on any atom is 0.231 e. The molecule has 0 spiro atoms. The van der Waals surface area contributed by atoms with Crippen LogP contribution in [0.3, 0.4) is 0 Å². The third kappa shape index (κ3) is 0.935. The summed E-state index contributed by atoms with van der Waals surface area (Å²) in [4.78, 5) is 3.92. The number of pyridine rings is 1. The lowest BCUT2D eigenvalue weighted by Gasteiger charge is -1.98. The van der Waals surface area contributed by atoms with Gasteiger partial charge in [-0.1, -0.05) is 0 Å². The molecule has 0 atom stereocenters. The molecule has 0 unspecified atom stereocenters. The molecule has 1 aromatic heterocycles. The van der Waals surface area contributed by atoms with Crippen LogP contribution in [0.4, 0.5) is 0 Å². The molecular formula is C10H6NO2. The molecule has 2 heterocycles. The van der Waals surface area contributed by atoms with Crippen molar-refractivity contribution in [3.8, 4) is 11.5 Å². The highest BCUT2D eigenvalue weighted by Gasteiger charge is 2.13. The van der Waals surface area contributed by atoms with Crippen LogP contribution in [0.2, 0.25) is 0 Å². The van der Waals surface area contributed by atoms with Gasteiger partial charge in [-0.25, -0.2) is 0 Å². The van der Waals surface area contributed by atoms with Gasteiger partial charge in [0.05, 0.1) is 6.20 Å². The van der Waals surface area contributed by atoms with Crippen LogP contribution >= 0.6 is 0 Å². The van der Waals surface area contributed by atoms with Crippen LogP contribution in [0.15, 0.2) is 24.4 Å². The molecule has 0 saturated heterocycles. The van der Waals surface area contributed by atoms with Gasteiger partial charge in [0.15, 0.2) is 11.5 Å². The Labute approximate surface area is 74.9 Å². The van der Waals surface area contributed by atoms with Gasteiger partial charge in [0.25, 0.3) is 0 Å². The van der Waals surface area contributed by atoms with E-state index in [1.54, 1.807) is 6.20 Å². The molecular weight excluding hydrogens is 166 g/mol. The topological polar surface area (TPSA) is 31.4 Å². The molecule has 3 rings (SSSR count). The molecule has 63 valence electrons.